The van der Waals surface area contributed by atoms with Gasteiger partial charge in [0.2, 0.25) is 0 Å². The first-order chi connectivity index (χ1) is 15.0. The van der Waals surface area contributed by atoms with E-state index in [9.17, 15) is 18.4 Å². The third kappa shape index (κ3) is 5.19. The molecule has 1 saturated carbocycles. The Morgan fingerprint density at radius 1 is 1.03 bits per heavy atom. The molecular weight excluding hydrogens is 406 g/mol. The number of benzene rings is 1. The second-order valence-corrected chi connectivity index (χ2v) is 6.96. The summed E-state index contributed by atoms with van der Waals surface area (Å²) in [5.74, 6) is -0.715. The predicted molar refractivity (Wildman–Crippen MR) is 109 cm³/mol. The largest absolute Gasteiger partial charge is 0.435 e. The summed E-state index contributed by atoms with van der Waals surface area (Å²) in [4.78, 5) is 33.0. The van der Waals surface area contributed by atoms with Gasteiger partial charge >= 0.3 is 6.61 Å². The van der Waals surface area contributed by atoms with Gasteiger partial charge in [-0.25, -0.2) is 0 Å². The molecule has 31 heavy (non-hydrogen) atoms. The highest BCUT2D eigenvalue weighted by Gasteiger charge is 2.24. The van der Waals surface area contributed by atoms with Crippen molar-refractivity contribution in [2.24, 2.45) is 0 Å². The smallest absolute Gasteiger partial charge is 0.387 e. The summed E-state index contributed by atoms with van der Waals surface area (Å²) in [5, 5.41) is 5.61. The summed E-state index contributed by atoms with van der Waals surface area (Å²) in [5.41, 5.74) is 2.19. The molecule has 1 aliphatic carbocycles. The SMILES string of the molecule is O=C(Nc1cnccc1-c1ccc(OC(F)F)cc1)c1ccnc(C(=O)NC2CC2)c1. The Kier molecular flexibility index (Phi) is 5.83. The second kappa shape index (κ2) is 8.86. The topological polar surface area (TPSA) is 93.2 Å². The van der Waals surface area contributed by atoms with Crippen molar-refractivity contribution in [2.45, 2.75) is 25.5 Å². The van der Waals surface area contributed by atoms with Gasteiger partial charge in [-0.3, -0.25) is 19.6 Å². The summed E-state index contributed by atoms with van der Waals surface area (Å²) in [6.45, 7) is -2.90. The standard InChI is InChI=1S/C22H18F2N4O3/c23-22(24)31-16-5-1-13(2-6-16)17-8-9-25-12-19(17)28-20(29)14-7-10-26-18(11-14)21(30)27-15-3-4-15/h1-2,5-12,15,22H,3-4H2,(H,27,30)(H,28,29). The number of hydrogen-bond acceptors (Lipinski definition) is 5. The molecule has 0 bridgehead atoms. The van der Waals surface area contributed by atoms with Crippen molar-refractivity contribution >= 4 is 17.5 Å². The Bertz CT molecular complexity index is 1100. The number of nitrogens with one attached hydrogen (secondary N) is 2. The Hall–Kier alpha value is -3.88. The van der Waals surface area contributed by atoms with Gasteiger partial charge in [0.25, 0.3) is 11.8 Å². The van der Waals surface area contributed by atoms with Crippen LogP contribution in [0.1, 0.15) is 33.7 Å². The maximum absolute atomic E-state index is 12.8. The van der Waals surface area contributed by atoms with E-state index >= 15 is 0 Å². The van der Waals surface area contributed by atoms with Crippen molar-refractivity contribution in [2.75, 3.05) is 5.32 Å². The number of pyridine rings is 2. The molecule has 0 spiro atoms. The molecule has 2 N–H and O–H groups in total. The average molecular weight is 424 g/mol. The van der Waals surface area contributed by atoms with Crippen LogP contribution in [-0.4, -0.2) is 34.4 Å². The molecule has 0 saturated heterocycles. The fraction of sp³-hybridized carbons (Fsp3) is 0.182. The number of amides is 2. The van der Waals surface area contributed by atoms with Gasteiger partial charge in [-0.15, -0.1) is 0 Å². The van der Waals surface area contributed by atoms with Crippen LogP contribution in [0.3, 0.4) is 0 Å². The zero-order chi connectivity index (χ0) is 21.8. The third-order valence-electron chi connectivity index (χ3n) is 4.63. The van der Waals surface area contributed by atoms with Crippen LogP contribution in [-0.2, 0) is 0 Å². The van der Waals surface area contributed by atoms with Gasteiger partial charge in [-0.2, -0.15) is 8.78 Å². The van der Waals surface area contributed by atoms with Crippen molar-refractivity contribution in [1.29, 1.82) is 0 Å². The number of carbonyl (C=O) groups excluding carboxylic acids is 2. The van der Waals surface area contributed by atoms with E-state index in [0.29, 0.717) is 16.8 Å². The van der Waals surface area contributed by atoms with Gasteiger partial charge < -0.3 is 15.4 Å². The first-order valence-corrected chi connectivity index (χ1v) is 9.57. The molecule has 0 atom stereocenters. The summed E-state index contributed by atoms with van der Waals surface area (Å²) in [6.07, 6.45) is 6.35. The van der Waals surface area contributed by atoms with E-state index in [1.807, 2.05) is 0 Å². The lowest BCUT2D eigenvalue weighted by Gasteiger charge is -2.12. The van der Waals surface area contributed by atoms with E-state index in [4.69, 9.17) is 0 Å². The number of nitrogens with zero attached hydrogens (tertiary/aromatic N) is 2. The molecule has 2 heterocycles. The van der Waals surface area contributed by atoms with E-state index < -0.39 is 12.5 Å². The molecule has 4 rings (SSSR count). The van der Waals surface area contributed by atoms with Gasteiger partial charge in [0.1, 0.15) is 11.4 Å². The lowest BCUT2D eigenvalue weighted by molar-refractivity contribution is -0.0498. The molecule has 9 heteroatoms. The molecule has 1 aliphatic rings. The second-order valence-electron chi connectivity index (χ2n) is 6.96. The number of anilines is 1. The minimum atomic E-state index is -2.90. The van der Waals surface area contributed by atoms with Gasteiger partial charge in [0.15, 0.2) is 0 Å². The fourth-order valence-electron chi connectivity index (χ4n) is 2.94. The van der Waals surface area contributed by atoms with Crippen LogP contribution in [0.25, 0.3) is 11.1 Å². The lowest BCUT2D eigenvalue weighted by Crippen LogP contribution is -2.26. The molecule has 0 unspecified atom stereocenters. The summed E-state index contributed by atoms with van der Waals surface area (Å²) in [7, 11) is 0. The Labute approximate surface area is 176 Å². The van der Waals surface area contributed by atoms with E-state index in [0.717, 1.165) is 12.8 Å². The lowest BCUT2D eigenvalue weighted by atomic mass is 10.0. The van der Waals surface area contributed by atoms with Crippen LogP contribution in [0.5, 0.6) is 5.75 Å². The number of carbonyl (C=O) groups is 2. The molecule has 1 aromatic carbocycles. The van der Waals surface area contributed by atoms with Crippen molar-refractivity contribution in [3.63, 3.8) is 0 Å². The van der Waals surface area contributed by atoms with Gasteiger partial charge in [-0.1, -0.05) is 12.1 Å². The number of rotatable bonds is 7. The first kappa shape index (κ1) is 20.4. The first-order valence-electron chi connectivity index (χ1n) is 9.57. The molecule has 2 amide bonds. The van der Waals surface area contributed by atoms with E-state index in [1.54, 1.807) is 24.4 Å². The van der Waals surface area contributed by atoms with Crippen LogP contribution in [0.4, 0.5) is 14.5 Å². The summed E-state index contributed by atoms with van der Waals surface area (Å²) < 4.78 is 29.1. The zero-order valence-corrected chi connectivity index (χ0v) is 16.2. The highest BCUT2D eigenvalue weighted by Crippen LogP contribution is 2.29. The number of hydrogen-bond donors (Lipinski definition) is 2. The van der Waals surface area contributed by atoms with E-state index in [1.165, 1.54) is 36.7 Å². The Morgan fingerprint density at radius 3 is 2.52 bits per heavy atom. The van der Waals surface area contributed by atoms with Crippen molar-refractivity contribution in [3.05, 3.63) is 72.3 Å². The third-order valence-corrected chi connectivity index (χ3v) is 4.63. The highest BCUT2D eigenvalue weighted by molar-refractivity contribution is 6.07. The molecule has 7 nitrogen and oxygen atoms in total. The predicted octanol–water partition coefficient (Wildman–Crippen LogP) is 3.89. The molecule has 3 aromatic rings. The van der Waals surface area contributed by atoms with Gasteiger partial charge in [0.05, 0.1) is 11.9 Å². The van der Waals surface area contributed by atoms with E-state index in [2.05, 4.69) is 25.3 Å². The number of aromatic nitrogens is 2. The highest BCUT2D eigenvalue weighted by atomic mass is 19.3. The number of halogens is 2. The van der Waals surface area contributed by atoms with Crippen LogP contribution in [0, 0.1) is 0 Å². The summed E-state index contributed by atoms with van der Waals surface area (Å²) >= 11 is 0. The number of ether oxygens (including phenoxy) is 1. The van der Waals surface area contributed by atoms with Crippen LogP contribution in [0.2, 0.25) is 0 Å². The van der Waals surface area contributed by atoms with Crippen molar-refractivity contribution in [1.82, 2.24) is 15.3 Å². The molecular formula is C22H18F2N4O3. The Morgan fingerprint density at radius 2 is 1.81 bits per heavy atom. The minimum absolute atomic E-state index is 0.0344. The van der Waals surface area contributed by atoms with Crippen LogP contribution < -0.4 is 15.4 Å². The minimum Gasteiger partial charge on any atom is -0.435 e. The molecule has 1 fully saturated rings. The van der Waals surface area contributed by atoms with Crippen molar-refractivity contribution in [3.8, 4) is 16.9 Å². The summed E-state index contributed by atoms with van der Waals surface area (Å²) in [6, 6.07) is 10.9. The normalized spacial score (nSPS) is 13.0. The zero-order valence-electron chi connectivity index (χ0n) is 16.2. The monoisotopic (exact) mass is 424 g/mol. The van der Waals surface area contributed by atoms with Crippen LogP contribution >= 0.6 is 0 Å². The maximum atomic E-state index is 12.8. The van der Waals surface area contributed by atoms with Crippen LogP contribution in [0.15, 0.2) is 61.1 Å². The molecule has 0 aliphatic heterocycles. The molecule has 158 valence electrons. The molecule has 0 radical (unpaired) electrons. The number of alkyl halides is 2. The maximum Gasteiger partial charge on any atom is 0.387 e. The van der Waals surface area contributed by atoms with Gasteiger partial charge in [0, 0.05) is 29.6 Å². The average Bonchev–Trinajstić information content (AvgIpc) is 3.58. The van der Waals surface area contributed by atoms with E-state index in [-0.39, 0.29) is 29.0 Å². The quantitative estimate of drug-likeness (QED) is 0.600. The fourth-order valence-corrected chi connectivity index (χ4v) is 2.94. The molecule has 2 aromatic heterocycles. The van der Waals surface area contributed by atoms with Crippen molar-refractivity contribution < 1.29 is 23.1 Å². The Balaban J connectivity index is 1.52. The van der Waals surface area contributed by atoms with Gasteiger partial charge in [-0.05, 0) is 48.7 Å².